The minimum Gasteiger partial charge on any atom is -0.392 e. The number of halogens is 1. The van der Waals surface area contributed by atoms with Gasteiger partial charge < -0.3 is 10.1 Å². The number of aromatic amines is 1. The zero-order valence-electron chi connectivity index (χ0n) is 20.6. The van der Waals surface area contributed by atoms with E-state index in [9.17, 15) is 9.90 Å². The van der Waals surface area contributed by atoms with Crippen LogP contribution in [0.3, 0.4) is 0 Å². The summed E-state index contributed by atoms with van der Waals surface area (Å²) in [6.45, 7) is 4.45. The fourth-order valence-electron chi connectivity index (χ4n) is 4.39. The van der Waals surface area contributed by atoms with Crippen molar-refractivity contribution in [3.8, 4) is 22.4 Å². The van der Waals surface area contributed by atoms with Crippen LogP contribution in [-0.4, -0.2) is 38.4 Å². The van der Waals surface area contributed by atoms with Crippen molar-refractivity contribution in [2.24, 2.45) is 0 Å². The molecule has 188 valence electrons. The molecule has 0 fully saturated rings. The number of carbonyl (C=O) groups excluding carboxylic acids is 1. The van der Waals surface area contributed by atoms with E-state index in [0.717, 1.165) is 38.9 Å². The number of carbonyl (C=O) groups is 1. The van der Waals surface area contributed by atoms with E-state index in [-0.39, 0.29) is 12.5 Å². The van der Waals surface area contributed by atoms with Gasteiger partial charge in [0, 0.05) is 33.6 Å². The van der Waals surface area contributed by atoms with Crippen LogP contribution >= 0.6 is 11.6 Å². The summed E-state index contributed by atoms with van der Waals surface area (Å²) in [5, 5.41) is 15.8. The predicted molar refractivity (Wildman–Crippen MR) is 147 cm³/mol. The second-order valence-corrected chi connectivity index (χ2v) is 9.60. The highest BCUT2D eigenvalue weighted by Gasteiger charge is 2.25. The summed E-state index contributed by atoms with van der Waals surface area (Å²) in [6.07, 6.45) is 1.24. The molecular formula is C29H28ClN5O2. The maximum atomic E-state index is 13.4. The van der Waals surface area contributed by atoms with Crippen LogP contribution in [0.5, 0.6) is 0 Å². The van der Waals surface area contributed by atoms with Crippen LogP contribution in [0.2, 0.25) is 5.02 Å². The lowest BCUT2D eigenvalue weighted by atomic mass is 9.98. The fourth-order valence-corrected chi connectivity index (χ4v) is 4.56. The van der Waals surface area contributed by atoms with E-state index in [2.05, 4.69) is 47.0 Å². The van der Waals surface area contributed by atoms with E-state index in [0.29, 0.717) is 17.3 Å². The van der Waals surface area contributed by atoms with Crippen LogP contribution in [-0.2, 0) is 6.54 Å². The molecule has 0 aliphatic heterocycles. The average molecular weight is 514 g/mol. The molecule has 5 rings (SSSR count). The molecule has 1 atom stereocenters. The number of aromatic nitrogens is 3. The van der Waals surface area contributed by atoms with Crippen molar-refractivity contribution in [1.29, 1.82) is 0 Å². The molecule has 3 aromatic carbocycles. The van der Waals surface area contributed by atoms with Gasteiger partial charge in [0.15, 0.2) is 0 Å². The van der Waals surface area contributed by atoms with Crippen molar-refractivity contribution < 1.29 is 9.90 Å². The Labute approximate surface area is 220 Å². The first-order chi connectivity index (χ1) is 17.9. The molecule has 7 nitrogen and oxygen atoms in total. The largest absolute Gasteiger partial charge is 0.392 e. The molecule has 0 spiro atoms. The molecule has 1 unspecified atom stereocenters. The molecule has 2 heterocycles. The molecule has 1 amide bonds. The molecule has 0 saturated heterocycles. The number of nitrogens with one attached hydrogen (secondary N) is 3. The highest BCUT2D eigenvalue weighted by molar-refractivity contribution is 6.31. The lowest BCUT2D eigenvalue weighted by Crippen LogP contribution is -2.41. The molecule has 0 saturated carbocycles. The number of H-pyrrole nitrogens is 1. The molecule has 0 bridgehead atoms. The van der Waals surface area contributed by atoms with Crippen molar-refractivity contribution in [3.63, 3.8) is 0 Å². The fraction of sp³-hybridized carbons (Fsp3) is 0.172. The van der Waals surface area contributed by atoms with E-state index in [1.54, 1.807) is 6.92 Å². The van der Waals surface area contributed by atoms with Crippen molar-refractivity contribution in [2.45, 2.75) is 26.5 Å². The number of benzene rings is 3. The number of nitrogens with zero attached hydrogens (tertiary/aromatic N) is 2. The molecule has 8 heteroatoms. The van der Waals surface area contributed by atoms with Crippen molar-refractivity contribution in [3.05, 3.63) is 101 Å². The molecular weight excluding hydrogens is 486 g/mol. The Morgan fingerprint density at radius 2 is 1.86 bits per heavy atom. The third-order valence-corrected chi connectivity index (χ3v) is 6.44. The SMILES string of the molecule is Cc1ccc(Cn2ncc(-c3ccccc3)c2-c2c(C(=O)NNCC(C)O)[nH]c3cc(Cl)ccc23)cc1. The first kappa shape index (κ1) is 24.8. The second-order valence-electron chi connectivity index (χ2n) is 9.17. The monoisotopic (exact) mass is 513 g/mol. The standard InChI is InChI=1S/C29H28ClN5O2/c1-18-8-10-20(11-9-18)17-35-28(24(16-32-35)21-6-4-3-5-7-21)26-23-13-12-22(30)14-25(23)33-27(26)29(37)34-31-15-19(2)36/h3-14,16,19,31,33,36H,15,17H2,1-2H3,(H,34,37). The zero-order chi connectivity index (χ0) is 25.9. The number of aliphatic hydroxyl groups is 1. The molecule has 0 radical (unpaired) electrons. The third kappa shape index (κ3) is 5.29. The highest BCUT2D eigenvalue weighted by atomic mass is 35.5. The van der Waals surface area contributed by atoms with E-state index in [1.807, 2.05) is 59.4 Å². The Hall–Kier alpha value is -3.91. The summed E-state index contributed by atoms with van der Waals surface area (Å²) in [5.74, 6) is -0.356. The van der Waals surface area contributed by atoms with Gasteiger partial charge in [-0.25, -0.2) is 5.43 Å². The average Bonchev–Trinajstić information content (AvgIpc) is 3.46. The number of hydrogen-bond donors (Lipinski definition) is 4. The quantitative estimate of drug-likeness (QED) is 0.211. The molecule has 2 aromatic heterocycles. The third-order valence-electron chi connectivity index (χ3n) is 6.20. The van der Waals surface area contributed by atoms with Crippen LogP contribution < -0.4 is 10.9 Å². The van der Waals surface area contributed by atoms with Crippen LogP contribution in [0.1, 0.15) is 28.5 Å². The van der Waals surface area contributed by atoms with Gasteiger partial charge in [-0.05, 0) is 37.1 Å². The van der Waals surface area contributed by atoms with Crippen LogP contribution in [0.4, 0.5) is 0 Å². The zero-order valence-corrected chi connectivity index (χ0v) is 21.4. The molecule has 37 heavy (non-hydrogen) atoms. The maximum Gasteiger partial charge on any atom is 0.282 e. The summed E-state index contributed by atoms with van der Waals surface area (Å²) < 4.78 is 1.93. The van der Waals surface area contributed by atoms with Crippen molar-refractivity contribution in [1.82, 2.24) is 25.6 Å². The second kappa shape index (κ2) is 10.6. The van der Waals surface area contributed by atoms with Crippen molar-refractivity contribution >= 4 is 28.4 Å². The van der Waals surface area contributed by atoms with Gasteiger partial charge in [-0.3, -0.25) is 14.9 Å². The minimum absolute atomic E-state index is 0.216. The van der Waals surface area contributed by atoms with Gasteiger partial charge in [0.25, 0.3) is 5.91 Å². The van der Waals surface area contributed by atoms with Gasteiger partial charge >= 0.3 is 0 Å². The summed E-state index contributed by atoms with van der Waals surface area (Å²) in [4.78, 5) is 16.7. The molecule has 5 aromatic rings. The van der Waals surface area contributed by atoms with Crippen LogP contribution in [0, 0.1) is 6.92 Å². The number of aryl methyl sites for hydroxylation is 1. The van der Waals surface area contributed by atoms with E-state index < -0.39 is 6.10 Å². The molecule has 0 aliphatic carbocycles. The summed E-state index contributed by atoms with van der Waals surface area (Å²) in [5.41, 5.74) is 12.4. The number of fused-ring (bicyclic) bond motifs is 1. The normalized spacial score (nSPS) is 12.1. The van der Waals surface area contributed by atoms with Gasteiger partial charge in [-0.2, -0.15) is 5.10 Å². The van der Waals surface area contributed by atoms with Crippen molar-refractivity contribution in [2.75, 3.05) is 6.54 Å². The Bertz CT molecular complexity index is 1540. The Morgan fingerprint density at radius 3 is 2.59 bits per heavy atom. The lowest BCUT2D eigenvalue weighted by molar-refractivity contribution is 0.0917. The van der Waals surface area contributed by atoms with Crippen LogP contribution in [0.25, 0.3) is 33.3 Å². The predicted octanol–water partition coefficient (Wildman–Crippen LogP) is 5.32. The van der Waals surface area contributed by atoms with E-state index in [4.69, 9.17) is 16.7 Å². The Kier molecular flexibility index (Phi) is 7.10. The van der Waals surface area contributed by atoms with E-state index >= 15 is 0 Å². The summed E-state index contributed by atoms with van der Waals surface area (Å²) in [7, 11) is 0. The van der Waals surface area contributed by atoms with Gasteiger partial charge in [0.05, 0.1) is 24.5 Å². The lowest BCUT2D eigenvalue weighted by Gasteiger charge is -2.13. The molecule has 4 N–H and O–H groups in total. The Balaban J connectivity index is 1.70. The number of amides is 1. The molecule has 0 aliphatic rings. The maximum absolute atomic E-state index is 13.4. The number of rotatable bonds is 8. The number of hydrogen-bond acceptors (Lipinski definition) is 4. The van der Waals surface area contributed by atoms with Gasteiger partial charge in [-0.15, -0.1) is 0 Å². The summed E-state index contributed by atoms with van der Waals surface area (Å²) >= 11 is 6.30. The van der Waals surface area contributed by atoms with Gasteiger partial charge in [0.1, 0.15) is 5.69 Å². The van der Waals surface area contributed by atoms with E-state index in [1.165, 1.54) is 5.56 Å². The van der Waals surface area contributed by atoms with Crippen LogP contribution in [0.15, 0.2) is 79.0 Å². The highest BCUT2D eigenvalue weighted by Crippen LogP contribution is 2.39. The number of aliphatic hydroxyl groups excluding tert-OH is 1. The smallest absolute Gasteiger partial charge is 0.282 e. The Morgan fingerprint density at radius 1 is 1.11 bits per heavy atom. The van der Waals surface area contributed by atoms with Gasteiger partial charge in [0.2, 0.25) is 0 Å². The first-order valence-electron chi connectivity index (χ1n) is 12.1. The number of hydrazine groups is 1. The summed E-state index contributed by atoms with van der Waals surface area (Å²) in [6, 6.07) is 23.9. The minimum atomic E-state index is -0.609. The topological polar surface area (TPSA) is 95.0 Å². The van der Waals surface area contributed by atoms with Gasteiger partial charge in [-0.1, -0.05) is 77.8 Å². The first-order valence-corrected chi connectivity index (χ1v) is 12.5.